The molecule has 2 aromatic carbocycles. The van der Waals surface area contributed by atoms with Crippen molar-refractivity contribution >= 4 is 23.5 Å². The fraction of sp³-hybridized carbons (Fsp3) is 0.385. The molecule has 1 N–H and O–H groups in total. The molecule has 0 fully saturated rings. The molecular formula is C26H30F2O6. The first kappa shape index (κ1) is 28.6. The molecule has 2 aromatic rings. The monoisotopic (exact) mass is 476 g/mol. The maximum Gasteiger partial charge on any atom is 0.305 e. The minimum Gasteiger partial charge on any atom is -0.481 e. The van der Waals surface area contributed by atoms with Gasteiger partial charge in [-0.1, -0.05) is 6.92 Å². The molecule has 0 bridgehead atoms. The quantitative estimate of drug-likeness (QED) is 0.242. The van der Waals surface area contributed by atoms with Crippen molar-refractivity contribution < 1.29 is 37.8 Å². The Hall–Kier alpha value is -3.42. The second kappa shape index (κ2) is 15.4. The van der Waals surface area contributed by atoms with E-state index in [-0.39, 0.29) is 41.5 Å². The number of halogens is 2. The van der Waals surface area contributed by atoms with Gasteiger partial charge in [0.05, 0.1) is 7.11 Å². The summed E-state index contributed by atoms with van der Waals surface area (Å²) in [5.41, 5.74) is 0.971. The zero-order valence-electron chi connectivity index (χ0n) is 19.4. The zero-order valence-corrected chi connectivity index (χ0v) is 19.4. The molecule has 0 heterocycles. The van der Waals surface area contributed by atoms with Crippen LogP contribution in [0.1, 0.15) is 72.6 Å². The normalized spacial score (nSPS) is 11.1. The maximum atomic E-state index is 12.7. The highest BCUT2D eigenvalue weighted by Crippen LogP contribution is 2.14. The summed E-state index contributed by atoms with van der Waals surface area (Å²) in [6, 6.07) is 10.8. The van der Waals surface area contributed by atoms with Crippen LogP contribution in [0, 0.1) is 17.6 Å². The number of ketones is 2. The molecule has 34 heavy (non-hydrogen) atoms. The Morgan fingerprint density at radius 2 is 1.24 bits per heavy atom. The lowest BCUT2D eigenvalue weighted by atomic mass is 9.97. The van der Waals surface area contributed by atoms with Gasteiger partial charge in [-0.05, 0) is 73.7 Å². The van der Waals surface area contributed by atoms with E-state index in [1.807, 2.05) is 6.92 Å². The van der Waals surface area contributed by atoms with Crippen molar-refractivity contribution in [3.63, 3.8) is 0 Å². The van der Waals surface area contributed by atoms with Crippen LogP contribution < -0.4 is 0 Å². The van der Waals surface area contributed by atoms with Gasteiger partial charge in [0.1, 0.15) is 11.6 Å². The Morgan fingerprint density at radius 1 is 0.794 bits per heavy atom. The first-order valence-electron chi connectivity index (χ1n) is 11.0. The van der Waals surface area contributed by atoms with Crippen molar-refractivity contribution in [1.82, 2.24) is 0 Å². The van der Waals surface area contributed by atoms with Gasteiger partial charge in [0.25, 0.3) is 0 Å². The molecule has 8 heteroatoms. The predicted molar refractivity (Wildman–Crippen MR) is 123 cm³/mol. The van der Waals surface area contributed by atoms with E-state index in [0.717, 1.165) is 0 Å². The first-order chi connectivity index (χ1) is 16.1. The third-order valence-corrected chi connectivity index (χ3v) is 4.98. The molecule has 0 aliphatic heterocycles. The number of rotatable bonds is 12. The van der Waals surface area contributed by atoms with Gasteiger partial charge in [-0.3, -0.25) is 19.2 Å². The molecule has 184 valence electrons. The molecule has 0 saturated carbocycles. The number of ether oxygens (including phenoxy) is 1. The van der Waals surface area contributed by atoms with Crippen LogP contribution in [-0.4, -0.2) is 35.7 Å². The molecule has 0 spiro atoms. The van der Waals surface area contributed by atoms with E-state index in [9.17, 15) is 28.0 Å². The SMILES string of the molecule is COC(=O)CC(C)CCC(=O)c1ccc(F)cc1.O=C(O)CCCCC(=O)c1ccc(F)cc1. The summed E-state index contributed by atoms with van der Waals surface area (Å²) >= 11 is 0. The molecule has 6 nitrogen and oxygen atoms in total. The van der Waals surface area contributed by atoms with Crippen LogP contribution in [0.5, 0.6) is 0 Å². The number of carboxylic acid groups (broad SMARTS) is 1. The number of unbranched alkanes of at least 4 members (excludes halogenated alkanes) is 1. The molecule has 0 aliphatic carbocycles. The van der Waals surface area contributed by atoms with Gasteiger partial charge in [-0.2, -0.15) is 0 Å². The fourth-order valence-electron chi connectivity index (χ4n) is 2.97. The number of carbonyl (C=O) groups excluding carboxylic acids is 3. The summed E-state index contributed by atoms with van der Waals surface area (Å²) in [4.78, 5) is 44.6. The molecule has 0 radical (unpaired) electrons. The number of carboxylic acids is 1. The zero-order chi connectivity index (χ0) is 25.5. The van der Waals surface area contributed by atoms with Crippen LogP contribution in [0.4, 0.5) is 8.78 Å². The number of esters is 1. The molecular weight excluding hydrogens is 446 g/mol. The van der Waals surface area contributed by atoms with Gasteiger partial charge < -0.3 is 9.84 Å². The number of benzene rings is 2. The molecule has 2 rings (SSSR count). The van der Waals surface area contributed by atoms with E-state index < -0.39 is 5.97 Å². The van der Waals surface area contributed by atoms with Crippen molar-refractivity contribution in [2.24, 2.45) is 5.92 Å². The third-order valence-electron chi connectivity index (χ3n) is 4.98. The standard InChI is InChI=1S/C14H17FO3.C12H13FO3/c1-10(9-14(17)18-2)3-8-13(16)11-4-6-12(15)7-5-11;13-10-7-5-9(6-8-10)11(14)3-1-2-4-12(15)16/h4-7,10H,3,8-9H2,1-2H3;5-8H,1-4H2,(H,15,16). The van der Waals surface area contributed by atoms with Gasteiger partial charge in [-0.15, -0.1) is 0 Å². The van der Waals surface area contributed by atoms with Gasteiger partial charge in [-0.25, -0.2) is 8.78 Å². The van der Waals surface area contributed by atoms with E-state index in [0.29, 0.717) is 49.7 Å². The first-order valence-corrected chi connectivity index (χ1v) is 11.0. The predicted octanol–water partition coefficient (Wildman–Crippen LogP) is 5.64. The highest BCUT2D eigenvalue weighted by Gasteiger charge is 2.12. The average molecular weight is 477 g/mol. The minimum atomic E-state index is -0.853. The summed E-state index contributed by atoms with van der Waals surface area (Å²) in [5, 5.41) is 8.40. The van der Waals surface area contributed by atoms with E-state index in [1.54, 1.807) is 0 Å². The Kier molecular flexibility index (Phi) is 13.0. The van der Waals surface area contributed by atoms with E-state index in [2.05, 4.69) is 4.74 Å². The number of methoxy groups -OCH3 is 1. The van der Waals surface area contributed by atoms with Gasteiger partial charge in [0, 0.05) is 36.8 Å². The summed E-state index contributed by atoms with van der Waals surface area (Å²) in [5.74, 6) is -1.86. The molecule has 1 unspecified atom stereocenters. The third kappa shape index (κ3) is 12.0. The average Bonchev–Trinajstić information content (AvgIpc) is 2.81. The smallest absolute Gasteiger partial charge is 0.305 e. The van der Waals surface area contributed by atoms with Crippen molar-refractivity contribution in [2.75, 3.05) is 7.11 Å². The van der Waals surface area contributed by atoms with E-state index >= 15 is 0 Å². The van der Waals surface area contributed by atoms with Gasteiger partial charge >= 0.3 is 11.9 Å². The second-order valence-electron chi connectivity index (χ2n) is 7.89. The van der Waals surface area contributed by atoms with E-state index in [4.69, 9.17) is 5.11 Å². The largest absolute Gasteiger partial charge is 0.481 e. The van der Waals surface area contributed by atoms with Crippen molar-refractivity contribution in [2.45, 2.75) is 51.9 Å². The van der Waals surface area contributed by atoms with Crippen molar-refractivity contribution in [3.05, 3.63) is 71.3 Å². The highest BCUT2D eigenvalue weighted by molar-refractivity contribution is 5.96. The number of hydrogen-bond acceptors (Lipinski definition) is 5. The van der Waals surface area contributed by atoms with Crippen LogP contribution in [0.25, 0.3) is 0 Å². The molecule has 0 aromatic heterocycles. The van der Waals surface area contributed by atoms with Gasteiger partial charge in [0.2, 0.25) is 0 Å². The molecule has 0 aliphatic rings. The number of hydrogen-bond donors (Lipinski definition) is 1. The second-order valence-corrected chi connectivity index (χ2v) is 7.89. The lowest BCUT2D eigenvalue weighted by molar-refractivity contribution is -0.141. The minimum absolute atomic E-state index is 0.0354. The lowest BCUT2D eigenvalue weighted by Crippen LogP contribution is -2.09. The van der Waals surface area contributed by atoms with E-state index in [1.165, 1.54) is 55.6 Å². The molecule has 0 amide bonds. The summed E-state index contributed by atoms with van der Waals surface area (Å²) in [6.45, 7) is 1.90. The highest BCUT2D eigenvalue weighted by atomic mass is 19.1. The Labute approximate surface area is 197 Å². The molecule has 0 saturated heterocycles. The number of aliphatic carboxylic acids is 1. The summed E-state index contributed by atoms with van der Waals surface area (Å²) < 4.78 is 29.8. The van der Waals surface area contributed by atoms with Crippen LogP contribution in [0.2, 0.25) is 0 Å². The molecule has 1 atom stereocenters. The lowest BCUT2D eigenvalue weighted by Gasteiger charge is -2.09. The van der Waals surface area contributed by atoms with Crippen molar-refractivity contribution in [1.29, 1.82) is 0 Å². The number of Topliss-reactive ketones (excluding diaryl/α,β-unsaturated/α-hetero) is 2. The maximum absolute atomic E-state index is 12.7. The number of carbonyl (C=O) groups is 4. The fourth-order valence-corrected chi connectivity index (χ4v) is 2.97. The Bertz CT molecular complexity index is 939. The topological polar surface area (TPSA) is 97.7 Å². The van der Waals surface area contributed by atoms with Crippen LogP contribution in [0.15, 0.2) is 48.5 Å². The Morgan fingerprint density at radius 3 is 1.68 bits per heavy atom. The summed E-state index contributed by atoms with van der Waals surface area (Å²) in [7, 11) is 1.35. The van der Waals surface area contributed by atoms with Crippen LogP contribution >= 0.6 is 0 Å². The van der Waals surface area contributed by atoms with Gasteiger partial charge in [0.15, 0.2) is 11.6 Å². The Balaban J connectivity index is 0.000000342. The van der Waals surface area contributed by atoms with Crippen LogP contribution in [0.3, 0.4) is 0 Å². The summed E-state index contributed by atoms with van der Waals surface area (Å²) in [6.07, 6.45) is 2.70. The van der Waals surface area contributed by atoms with Crippen LogP contribution in [-0.2, 0) is 14.3 Å². The van der Waals surface area contributed by atoms with Crippen molar-refractivity contribution in [3.8, 4) is 0 Å².